The number of fused-ring (bicyclic) bond motifs is 1. The molecule has 2 aromatic heterocycles. The molecule has 1 unspecified atom stereocenters. The lowest BCUT2D eigenvalue weighted by Crippen LogP contribution is -2.29. The first-order chi connectivity index (χ1) is 15.8. The van der Waals surface area contributed by atoms with E-state index in [-0.39, 0.29) is 17.7 Å². The minimum Gasteiger partial charge on any atom is -0.507 e. The second kappa shape index (κ2) is 7.96. The van der Waals surface area contributed by atoms with Crippen LogP contribution in [-0.2, 0) is 6.54 Å². The summed E-state index contributed by atoms with van der Waals surface area (Å²) in [5, 5.41) is 18.3. The zero-order valence-corrected chi connectivity index (χ0v) is 19.2. The van der Waals surface area contributed by atoms with Crippen molar-refractivity contribution < 1.29 is 14.3 Å². The number of hydrogen-bond acceptors (Lipinski definition) is 4. The summed E-state index contributed by atoms with van der Waals surface area (Å²) in [6.45, 7) is 8.55. The van der Waals surface area contributed by atoms with E-state index in [4.69, 9.17) is 4.42 Å². The molecule has 0 spiro atoms. The molecule has 6 nitrogen and oxygen atoms in total. The van der Waals surface area contributed by atoms with E-state index < -0.39 is 0 Å². The van der Waals surface area contributed by atoms with Crippen LogP contribution in [0.3, 0.4) is 0 Å². The number of H-pyrrole nitrogens is 1. The maximum atomic E-state index is 13.5. The molecule has 0 bridgehead atoms. The summed E-state index contributed by atoms with van der Waals surface area (Å²) in [5.41, 5.74) is 6.60. The quantitative estimate of drug-likeness (QED) is 0.406. The van der Waals surface area contributed by atoms with Gasteiger partial charge in [-0.1, -0.05) is 44.2 Å². The first-order valence-corrected chi connectivity index (χ1v) is 11.2. The fraction of sp³-hybridized carbons (Fsp3) is 0.259. The van der Waals surface area contributed by atoms with Crippen molar-refractivity contribution in [2.75, 3.05) is 0 Å². The van der Waals surface area contributed by atoms with Crippen LogP contribution in [-0.4, -0.2) is 26.1 Å². The molecule has 0 radical (unpaired) electrons. The number of phenols is 1. The Labute approximate surface area is 192 Å². The third kappa shape index (κ3) is 3.52. The fourth-order valence-electron chi connectivity index (χ4n) is 4.78. The second-order valence-corrected chi connectivity index (χ2v) is 9.07. The first kappa shape index (κ1) is 21.1. The molecule has 1 amide bonds. The number of hydrogen-bond donors (Lipinski definition) is 2. The zero-order chi connectivity index (χ0) is 23.3. The lowest BCUT2D eigenvalue weighted by molar-refractivity contribution is 0.0717. The van der Waals surface area contributed by atoms with Gasteiger partial charge in [0.05, 0.1) is 18.8 Å². The number of aromatic amines is 1. The summed E-state index contributed by atoms with van der Waals surface area (Å²) >= 11 is 0. The van der Waals surface area contributed by atoms with Gasteiger partial charge >= 0.3 is 0 Å². The van der Waals surface area contributed by atoms with Crippen molar-refractivity contribution in [2.45, 2.75) is 46.2 Å². The molecule has 0 saturated heterocycles. The van der Waals surface area contributed by atoms with Crippen molar-refractivity contribution in [3.63, 3.8) is 0 Å². The second-order valence-electron chi connectivity index (χ2n) is 9.07. The fourth-order valence-corrected chi connectivity index (χ4v) is 4.78. The number of aromatic nitrogens is 2. The van der Waals surface area contributed by atoms with Gasteiger partial charge in [-0.05, 0) is 60.2 Å². The number of aryl methyl sites for hydroxylation is 2. The molecular formula is C27H27N3O3. The molecule has 1 aliphatic heterocycles. The molecular weight excluding hydrogens is 414 g/mol. The van der Waals surface area contributed by atoms with E-state index in [1.54, 1.807) is 17.2 Å². The Hall–Kier alpha value is -3.80. The number of aromatic hydroxyl groups is 1. The molecule has 0 aliphatic carbocycles. The molecule has 3 heterocycles. The Bertz CT molecular complexity index is 1290. The molecule has 1 atom stereocenters. The van der Waals surface area contributed by atoms with Crippen molar-refractivity contribution >= 4 is 5.91 Å². The zero-order valence-electron chi connectivity index (χ0n) is 19.2. The van der Waals surface area contributed by atoms with Crippen LogP contribution in [0.15, 0.2) is 59.2 Å². The van der Waals surface area contributed by atoms with E-state index in [0.29, 0.717) is 35.2 Å². The van der Waals surface area contributed by atoms with Gasteiger partial charge in [0, 0.05) is 11.1 Å². The molecule has 0 saturated carbocycles. The highest BCUT2D eigenvalue weighted by atomic mass is 16.3. The molecule has 33 heavy (non-hydrogen) atoms. The average Bonchev–Trinajstić information content (AvgIpc) is 3.48. The topological polar surface area (TPSA) is 82.4 Å². The summed E-state index contributed by atoms with van der Waals surface area (Å²) in [4.78, 5) is 15.3. The van der Waals surface area contributed by atoms with E-state index in [1.807, 2.05) is 32.0 Å². The number of carbonyl (C=O) groups excluding carboxylic acids is 1. The van der Waals surface area contributed by atoms with Crippen LogP contribution in [0.25, 0.3) is 11.3 Å². The van der Waals surface area contributed by atoms with Crippen molar-refractivity contribution in [1.29, 1.82) is 0 Å². The van der Waals surface area contributed by atoms with Crippen LogP contribution in [0.4, 0.5) is 0 Å². The van der Waals surface area contributed by atoms with Crippen LogP contribution in [0.1, 0.15) is 69.9 Å². The van der Waals surface area contributed by atoms with Gasteiger partial charge in [-0.3, -0.25) is 9.89 Å². The summed E-state index contributed by atoms with van der Waals surface area (Å²) in [5.74, 6) is 1.15. The third-order valence-electron chi connectivity index (χ3n) is 6.38. The van der Waals surface area contributed by atoms with Gasteiger partial charge in [-0.15, -0.1) is 0 Å². The number of benzene rings is 2. The SMILES string of the molecule is Cc1cc(C)c(-c2n[nH]c3c2C(c2ccc(C(C)C)cc2)N(Cc2ccco2)C3=O)c(O)c1. The smallest absolute Gasteiger partial charge is 0.273 e. The van der Waals surface area contributed by atoms with Crippen molar-refractivity contribution in [3.8, 4) is 17.0 Å². The van der Waals surface area contributed by atoms with Crippen molar-refractivity contribution in [2.24, 2.45) is 0 Å². The number of carbonyl (C=O) groups is 1. The number of rotatable bonds is 5. The van der Waals surface area contributed by atoms with Crippen LogP contribution in [0, 0.1) is 13.8 Å². The molecule has 168 valence electrons. The number of amides is 1. The largest absolute Gasteiger partial charge is 0.507 e. The summed E-state index contributed by atoms with van der Waals surface area (Å²) in [7, 11) is 0. The Morgan fingerprint density at radius 3 is 2.55 bits per heavy atom. The van der Waals surface area contributed by atoms with Crippen LogP contribution < -0.4 is 0 Å². The van der Waals surface area contributed by atoms with Gasteiger partial charge in [0.15, 0.2) is 0 Å². The van der Waals surface area contributed by atoms with Gasteiger partial charge in [0.1, 0.15) is 22.9 Å². The predicted octanol–water partition coefficient (Wildman–Crippen LogP) is 5.86. The maximum absolute atomic E-state index is 13.5. The number of phenolic OH excluding ortho intramolecular Hbond substituents is 1. The summed E-state index contributed by atoms with van der Waals surface area (Å²) in [6, 6.07) is 15.5. The highest BCUT2D eigenvalue weighted by molar-refractivity contribution is 6.00. The highest BCUT2D eigenvalue weighted by Gasteiger charge is 2.43. The minimum atomic E-state index is -0.354. The van der Waals surface area contributed by atoms with Gasteiger partial charge < -0.3 is 14.4 Å². The number of nitrogens with one attached hydrogen (secondary N) is 1. The van der Waals surface area contributed by atoms with Crippen LogP contribution in [0.2, 0.25) is 0 Å². The molecule has 1 aliphatic rings. The van der Waals surface area contributed by atoms with E-state index in [9.17, 15) is 9.90 Å². The van der Waals surface area contributed by atoms with E-state index in [0.717, 1.165) is 22.3 Å². The van der Waals surface area contributed by atoms with Crippen molar-refractivity contribution in [1.82, 2.24) is 15.1 Å². The Kier molecular flexibility index (Phi) is 5.08. The van der Waals surface area contributed by atoms with E-state index in [2.05, 4.69) is 48.3 Å². The number of furan rings is 1. The molecule has 6 heteroatoms. The van der Waals surface area contributed by atoms with E-state index >= 15 is 0 Å². The maximum Gasteiger partial charge on any atom is 0.273 e. The average molecular weight is 442 g/mol. The predicted molar refractivity (Wildman–Crippen MR) is 126 cm³/mol. The Morgan fingerprint density at radius 1 is 1.15 bits per heavy atom. The molecule has 2 N–H and O–H groups in total. The highest BCUT2D eigenvalue weighted by Crippen LogP contribution is 2.46. The molecule has 2 aromatic carbocycles. The van der Waals surface area contributed by atoms with E-state index in [1.165, 1.54) is 5.56 Å². The van der Waals surface area contributed by atoms with Crippen molar-refractivity contribution in [3.05, 3.63) is 94.1 Å². The van der Waals surface area contributed by atoms with Gasteiger partial charge in [0.2, 0.25) is 0 Å². The van der Waals surface area contributed by atoms with Gasteiger partial charge in [-0.25, -0.2) is 0 Å². The minimum absolute atomic E-state index is 0.137. The third-order valence-corrected chi connectivity index (χ3v) is 6.38. The van der Waals surface area contributed by atoms with Gasteiger partial charge in [0.25, 0.3) is 5.91 Å². The normalized spacial score (nSPS) is 15.5. The lowest BCUT2D eigenvalue weighted by atomic mass is 9.92. The Morgan fingerprint density at radius 2 is 1.91 bits per heavy atom. The summed E-state index contributed by atoms with van der Waals surface area (Å²) < 4.78 is 5.56. The number of nitrogens with zero attached hydrogens (tertiary/aromatic N) is 2. The molecule has 4 aromatic rings. The first-order valence-electron chi connectivity index (χ1n) is 11.2. The monoisotopic (exact) mass is 441 g/mol. The Balaban J connectivity index is 1.68. The van der Waals surface area contributed by atoms with Gasteiger partial charge in [-0.2, -0.15) is 5.10 Å². The van der Waals surface area contributed by atoms with Crippen LogP contribution >= 0.6 is 0 Å². The summed E-state index contributed by atoms with van der Waals surface area (Å²) in [6.07, 6.45) is 1.61. The lowest BCUT2D eigenvalue weighted by Gasteiger charge is -2.26. The van der Waals surface area contributed by atoms with Crippen LogP contribution in [0.5, 0.6) is 5.75 Å². The molecule has 0 fully saturated rings. The molecule has 5 rings (SSSR count). The standard InChI is InChI=1S/C27H27N3O3/c1-15(2)18-7-9-19(10-8-18)26-23-24(22-17(4)12-16(3)13-21(22)31)28-29-25(23)27(32)30(26)14-20-6-5-11-33-20/h5-13,15,26,31H,14H2,1-4H3,(H,28,29).